The van der Waals surface area contributed by atoms with E-state index in [0.29, 0.717) is 43.4 Å². The van der Waals surface area contributed by atoms with Gasteiger partial charge in [-0.2, -0.15) is 0 Å². The van der Waals surface area contributed by atoms with Crippen molar-refractivity contribution in [3.8, 4) is 0 Å². The molecule has 0 saturated carbocycles. The van der Waals surface area contributed by atoms with Gasteiger partial charge in [0.25, 0.3) is 5.91 Å². The third-order valence-electron chi connectivity index (χ3n) is 3.24. The quantitative estimate of drug-likeness (QED) is 0.580. The molecule has 0 aromatic heterocycles. The first kappa shape index (κ1) is 17.0. The van der Waals surface area contributed by atoms with Crippen LogP contribution in [0.1, 0.15) is 22.8 Å². The molecule has 0 aliphatic carbocycles. The Balaban J connectivity index is 1.92. The largest absolute Gasteiger partial charge is 0.398 e. The Morgan fingerprint density at radius 1 is 1.09 bits per heavy atom. The van der Waals surface area contributed by atoms with E-state index in [1.807, 2.05) is 31.2 Å². The van der Waals surface area contributed by atoms with Gasteiger partial charge in [-0.3, -0.25) is 4.79 Å². The number of nitrogens with two attached hydrogens (primary N) is 1. The van der Waals surface area contributed by atoms with Crippen LogP contribution in [0.2, 0.25) is 0 Å². The first-order valence-electron chi connectivity index (χ1n) is 7.61. The fourth-order valence-electron chi connectivity index (χ4n) is 2.09. The lowest BCUT2D eigenvalue weighted by atomic mass is 10.1. The SMILES string of the molecule is CCOCCOCc1cccc(NC(=O)c2ccccc2N)c1. The number of para-hydroxylation sites is 1. The average Bonchev–Trinajstić information content (AvgIpc) is 2.55. The van der Waals surface area contributed by atoms with Crippen LogP contribution in [0.3, 0.4) is 0 Å². The van der Waals surface area contributed by atoms with Crippen LogP contribution in [0.4, 0.5) is 11.4 Å². The van der Waals surface area contributed by atoms with Crippen molar-refractivity contribution in [1.29, 1.82) is 0 Å². The molecule has 122 valence electrons. The van der Waals surface area contributed by atoms with Crippen LogP contribution in [-0.4, -0.2) is 25.7 Å². The van der Waals surface area contributed by atoms with E-state index >= 15 is 0 Å². The molecule has 2 aromatic rings. The molecule has 0 bridgehead atoms. The number of amides is 1. The molecular formula is C18H22N2O3. The average molecular weight is 314 g/mol. The Morgan fingerprint density at radius 3 is 2.65 bits per heavy atom. The molecule has 2 rings (SSSR count). The Morgan fingerprint density at radius 2 is 1.87 bits per heavy atom. The minimum absolute atomic E-state index is 0.225. The summed E-state index contributed by atoms with van der Waals surface area (Å²) in [5, 5.41) is 2.85. The minimum Gasteiger partial charge on any atom is -0.398 e. The van der Waals surface area contributed by atoms with E-state index in [1.165, 1.54) is 0 Å². The van der Waals surface area contributed by atoms with E-state index < -0.39 is 0 Å². The summed E-state index contributed by atoms with van der Waals surface area (Å²) in [7, 11) is 0. The standard InChI is InChI=1S/C18H22N2O3/c1-2-22-10-11-23-13-14-6-5-7-15(12-14)20-18(21)16-8-3-4-9-17(16)19/h3-9,12H,2,10-11,13,19H2,1H3,(H,20,21). The van der Waals surface area contributed by atoms with E-state index in [4.69, 9.17) is 15.2 Å². The molecule has 0 unspecified atom stereocenters. The highest BCUT2D eigenvalue weighted by molar-refractivity contribution is 6.07. The number of hydrogen-bond acceptors (Lipinski definition) is 4. The fourth-order valence-corrected chi connectivity index (χ4v) is 2.09. The van der Waals surface area contributed by atoms with Crippen LogP contribution in [0, 0.1) is 0 Å². The van der Waals surface area contributed by atoms with Gasteiger partial charge in [0.05, 0.1) is 25.4 Å². The summed E-state index contributed by atoms with van der Waals surface area (Å²) >= 11 is 0. The van der Waals surface area contributed by atoms with E-state index in [-0.39, 0.29) is 5.91 Å². The van der Waals surface area contributed by atoms with Gasteiger partial charge in [-0.05, 0) is 36.8 Å². The number of carbonyl (C=O) groups excluding carboxylic acids is 1. The summed E-state index contributed by atoms with van der Waals surface area (Å²) in [5.41, 5.74) is 8.44. The van der Waals surface area contributed by atoms with Crippen molar-refractivity contribution >= 4 is 17.3 Å². The van der Waals surface area contributed by atoms with Crippen molar-refractivity contribution in [1.82, 2.24) is 0 Å². The second-order valence-electron chi connectivity index (χ2n) is 4.99. The van der Waals surface area contributed by atoms with Gasteiger partial charge in [0.2, 0.25) is 0 Å². The van der Waals surface area contributed by atoms with Crippen LogP contribution in [0.15, 0.2) is 48.5 Å². The molecule has 0 heterocycles. The monoisotopic (exact) mass is 314 g/mol. The van der Waals surface area contributed by atoms with Gasteiger partial charge in [-0.1, -0.05) is 24.3 Å². The normalized spacial score (nSPS) is 10.5. The molecular weight excluding hydrogens is 292 g/mol. The van der Waals surface area contributed by atoms with Crippen molar-refractivity contribution in [2.45, 2.75) is 13.5 Å². The zero-order valence-corrected chi connectivity index (χ0v) is 13.2. The summed E-state index contributed by atoms with van der Waals surface area (Å²) in [6, 6.07) is 14.5. The molecule has 0 spiro atoms. The predicted molar refractivity (Wildman–Crippen MR) is 91.4 cm³/mol. The molecule has 1 amide bonds. The van der Waals surface area contributed by atoms with Gasteiger partial charge in [0.15, 0.2) is 0 Å². The Labute approximate surface area is 136 Å². The van der Waals surface area contributed by atoms with E-state index in [2.05, 4.69) is 5.32 Å². The maximum absolute atomic E-state index is 12.2. The van der Waals surface area contributed by atoms with Gasteiger partial charge in [-0.15, -0.1) is 0 Å². The van der Waals surface area contributed by atoms with Gasteiger partial charge in [0.1, 0.15) is 0 Å². The molecule has 5 nitrogen and oxygen atoms in total. The smallest absolute Gasteiger partial charge is 0.257 e. The zero-order chi connectivity index (χ0) is 16.5. The summed E-state index contributed by atoms with van der Waals surface area (Å²) in [6.07, 6.45) is 0. The number of ether oxygens (including phenoxy) is 2. The van der Waals surface area contributed by atoms with Crippen molar-refractivity contribution in [2.75, 3.05) is 30.9 Å². The summed E-state index contributed by atoms with van der Waals surface area (Å²) in [5.74, 6) is -0.225. The van der Waals surface area contributed by atoms with Crippen molar-refractivity contribution in [3.05, 3.63) is 59.7 Å². The van der Waals surface area contributed by atoms with E-state index in [9.17, 15) is 4.79 Å². The molecule has 0 aliphatic rings. The van der Waals surface area contributed by atoms with Crippen molar-refractivity contribution < 1.29 is 14.3 Å². The lowest BCUT2D eigenvalue weighted by Gasteiger charge is -2.09. The van der Waals surface area contributed by atoms with Crippen LogP contribution in [-0.2, 0) is 16.1 Å². The van der Waals surface area contributed by atoms with Gasteiger partial charge >= 0.3 is 0 Å². The van der Waals surface area contributed by atoms with Gasteiger partial charge < -0.3 is 20.5 Å². The number of nitrogen functional groups attached to an aromatic ring is 1. The van der Waals surface area contributed by atoms with Crippen LogP contribution in [0.5, 0.6) is 0 Å². The highest BCUT2D eigenvalue weighted by Gasteiger charge is 2.09. The Bertz CT molecular complexity index is 644. The molecule has 0 saturated heterocycles. The molecule has 2 aromatic carbocycles. The highest BCUT2D eigenvalue weighted by atomic mass is 16.5. The minimum atomic E-state index is -0.225. The van der Waals surface area contributed by atoms with Crippen LogP contribution >= 0.6 is 0 Å². The summed E-state index contributed by atoms with van der Waals surface area (Å²) in [6.45, 7) is 4.24. The summed E-state index contributed by atoms with van der Waals surface area (Å²) < 4.78 is 10.7. The lowest BCUT2D eigenvalue weighted by Crippen LogP contribution is -2.14. The van der Waals surface area contributed by atoms with Crippen molar-refractivity contribution in [3.63, 3.8) is 0 Å². The lowest BCUT2D eigenvalue weighted by molar-refractivity contribution is 0.0453. The number of rotatable bonds is 8. The first-order valence-corrected chi connectivity index (χ1v) is 7.61. The third kappa shape index (κ3) is 5.39. The molecule has 0 fully saturated rings. The topological polar surface area (TPSA) is 73.6 Å². The molecule has 0 aliphatic heterocycles. The molecule has 5 heteroatoms. The predicted octanol–water partition coefficient (Wildman–Crippen LogP) is 3.07. The fraction of sp³-hybridized carbons (Fsp3) is 0.278. The second kappa shape index (κ2) is 8.92. The van der Waals surface area contributed by atoms with E-state index in [0.717, 1.165) is 5.56 Å². The van der Waals surface area contributed by atoms with Crippen LogP contribution < -0.4 is 11.1 Å². The maximum atomic E-state index is 12.2. The second-order valence-corrected chi connectivity index (χ2v) is 4.99. The number of nitrogens with one attached hydrogen (secondary N) is 1. The zero-order valence-electron chi connectivity index (χ0n) is 13.2. The Kier molecular flexibility index (Phi) is 6.59. The Hall–Kier alpha value is -2.37. The molecule has 23 heavy (non-hydrogen) atoms. The molecule has 0 atom stereocenters. The molecule has 0 radical (unpaired) electrons. The number of hydrogen-bond donors (Lipinski definition) is 2. The summed E-state index contributed by atoms with van der Waals surface area (Å²) in [4.78, 5) is 12.2. The van der Waals surface area contributed by atoms with Gasteiger partial charge in [0, 0.05) is 18.0 Å². The molecule has 3 N–H and O–H groups in total. The van der Waals surface area contributed by atoms with Crippen molar-refractivity contribution in [2.24, 2.45) is 0 Å². The number of anilines is 2. The number of benzene rings is 2. The van der Waals surface area contributed by atoms with Gasteiger partial charge in [-0.25, -0.2) is 0 Å². The first-order chi connectivity index (χ1) is 11.2. The highest BCUT2D eigenvalue weighted by Crippen LogP contribution is 2.16. The van der Waals surface area contributed by atoms with Crippen LogP contribution in [0.25, 0.3) is 0 Å². The third-order valence-corrected chi connectivity index (χ3v) is 3.24. The number of carbonyl (C=O) groups is 1. The maximum Gasteiger partial charge on any atom is 0.257 e. The van der Waals surface area contributed by atoms with E-state index in [1.54, 1.807) is 24.3 Å².